The number of hydrogen-bond donors (Lipinski definition) is 6. The van der Waals surface area contributed by atoms with Crippen molar-refractivity contribution in [3.8, 4) is 32.6 Å². The second-order valence-corrected chi connectivity index (χ2v) is 12.1. The predicted octanol–water partition coefficient (Wildman–Crippen LogP) is 3.33. The molecular formula is C30H32N6O6S4. The van der Waals surface area contributed by atoms with Crippen molar-refractivity contribution in [1.82, 2.24) is 31.2 Å². The Morgan fingerprint density at radius 2 is 1.09 bits per heavy atom. The van der Waals surface area contributed by atoms with Gasteiger partial charge < -0.3 is 41.0 Å². The summed E-state index contributed by atoms with van der Waals surface area (Å²) in [6, 6.07) is 8.95. The van der Waals surface area contributed by atoms with E-state index in [1.807, 2.05) is 0 Å². The normalized spacial score (nSPS) is 10.7. The molecule has 6 N–H and O–H groups in total. The summed E-state index contributed by atoms with van der Waals surface area (Å²) >= 11 is 13.6. The number of nitrogens with one attached hydrogen (secondary N) is 4. The van der Waals surface area contributed by atoms with E-state index in [9.17, 15) is 19.8 Å². The molecule has 12 nitrogen and oxygen atoms in total. The number of rotatable bonds is 15. The molecule has 0 amide bonds. The Hall–Kier alpha value is -4.06. The fourth-order valence-electron chi connectivity index (χ4n) is 4.04. The van der Waals surface area contributed by atoms with Gasteiger partial charge in [-0.2, -0.15) is 0 Å². The van der Waals surface area contributed by atoms with E-state index < -0.39 is 11.9 Å². The standard InChI is InChI=1S/C30H32N6O6S4/c1-41-29(39)17-3-5-23(37)19(13-17)27-35-21(15-45-27)25(43)33-11-9-31-7-8-32-10-12-34-26(44)22-16-46-28(36-22)20-14-18(30(40)42-2)4-6-24(20)38/h3-6,13-16,31-32,37-38H,7-12H2,1-2H3,(H,33,43)(H,34,44). The minimum atomic E-state index is -0.495. The molecule has 0 aliphatic rings. The Morgan fingerprint density at radius 1 is 0.696 bits per heavy atom. The van der Waals surface area contributed by atoms with Gasteiger partial charge in [-0.25, -0.2) is 19.6 Å². The Labute approximate surface area is 284 Å². The number of phenolic OH excluding ortho intramolecular Hbond substituents is 2. The number of aromatic nitrogens is 2. The smallest absolute Gasteiger partial charge is 0.337 e. The second-order valence-electron chi connectivity index (χ2n) is 9.53. The molecule has 0 radical (unpaired) electrons. The number of thiazole rings is 2. The van der Waals surface area contributed by atoms with Gasteiger partial charge in [-0.15, -0.1) is 22.7 Å². The summed E-state index contributed by atoms with van der Waals surface area (Å²) in [4.78, 5) is 33.7. The van der Waals surface area contributed by atoms with Crippen molar-refractivity contribution in [2.45, 2.75) is 0 Å². The van der Waals surface area contributed by atoms with Gasteiger partial charge in [0.15, 0.2) is 0 Å². The Bertz CT molecular complexity index is 1580. The summed E-state index contributed by atoms with van der Waals surface area (Å²) in [5, 5.41) is 38.2. The van der Waals surface area contributed by atoms with E-state index in [0.29, 0.717) is 79.8 Å². The summed E-state index contributed by atoms with van der Waals surface area (Å²) in [6.45, 7) is 4.08. The molecule has 0 saturated carbocycles. The van der Waals surface area contributed by atoms with Crippen molar-refractivity contribution >= 4 is 69.0 Å². The molecule has 0 aliphatic heterocycles. The lowest BCUT2D eigenvalue weighted by atomic mass is 10.1. The van der Waals surface area contributed by atoms with Gasteiger partial charge in [0.25, 0.3) is 0 Å². The maximum atomic E-state index is 11.8. The molecule has 242 valence electrons. The number of hydrogen-bond acceptors (Lipinski definition) is 14. The van der Waals surface area contributed by atoms with Crippen LogP contribution in [0.3, 0.4) is 0 Å². The molecule has 4 rings (SSSR count). The molecule has 0 spiro atoms. The predicted molar refractivity (Wildman–Crippen MR) is 186 cm³/mol. The van der Waals surface area contributed by atoms with E-state index >= 15 is 0 Å². The van der Waals surface area contributed by atoms with E-state index in [4.69, 9.17) is 33.9 Å². The Morgan fingerprint density at radius 3 is 1.48 bits per heavy atom. The fourth-order valence-corrected chi connectivity index (χ4v) is 6.28. The van der Waals surface area contributed by atoms with E-state index in [1.165, 1.54) is 61.2 Å². The van der Waals surface area contributed by atoms with Crippen molar-refractivity contribution in [3.63, 3.8) is 0 Å². The summed E-state index contributed by atoms with van der Waals surface area (Å²) < 4.78 is 9.51. The number of carbonyl (C=O) groups excluding carboxylic acids is 2. The summed E-state index contributed by atoms with van der Waals surface area (Å²) in [5.41, 5.74) is 2.69. The van der Waals surface area contributed by atoms with Crippen LogP contribution in [0.4, 0.5) is 0 Å². The Kier molecular flexibility index (Phi) is 12.9. The van der Waals surface area contributed by atoms with Gasteiger partial charge in [0.05, 0.1) is 36.5 Å². The quantitative estimate of drug-likeness (QED) is 0.0607. The van der Waals surface area contributed by atoms with Crippen molar-refractivity contribution in [2.24, 2.45) is 0 Å². The molecular weight excluding hydrogens is 669 g/mol. The zero-order valence-electron chi connectivity index (χ0n) is 24.9. The third-order valence-electron chi connectivity index (χ3n) is 6.42. The van der Waals surface area contributed by atoms with Crippen LogP contribution in [-0.4, -0.2) is 95.6 Å². The number of phenols is 2. The minimum absolute atomic E-state index is 0.0142. The molecule has 0 aliphatic carbocycles. The third-order valence-corrected chi connectivity index (χ3v) is 8.88. The Balaban J connectivity index is 1.10. The van der Waals surface area contributed by atoms with Gasteiger partial charge in [0.2, 0.25) is 0 Å². The highest BCUT2D eigenvalue weighted by Crippen LogP contribution is 2.34. The lowest BCUT2D eigenvalue weighted by Crippen LogP contribution is -2.37. The molecule has 2 heterocycles. The van der Waals surface area contributed by atoms with Gasteiger partial charge in [-0.3, -0.25) is 0 Å². The molecule has 2 aromatic heterocycles. The molecule has 0 fully saturated rings. The fraction of sp³-hybridized carbons (Fsp3) is 0.267. The van der Waals surface area contributed by atoms with Crippen LogP contribution >= 0.6 is 47.1 Å². The molecule has 4 aromatic rings. The zero-order valence-corrected chi connectivity index (χ0v) is 28.2. The number of methoxy groups -OCH3 is 2. The number of benzene rings is 2. The summed E-state index contributed by atoms with van der Waals surface area (Å²) in [5.74, 6) is -0.961. The van der Waals surface area contributed by atoms with Crippen LogP contribution in [0.15, 0.2) is 47.2 Å². The molecule has 46 heavy (non-hydrogen) atoms. The first-order valence-corrected chi connectivity index (χ1v) is 16.5. The third kappa shape index (κ3) is 9.24. The molecule has 0 unspecified atom stereocenters. The number of ether oxygens (including phenoxy) is 2. The average molecular weight is 701 g/mol. The first kappa shape index (κ1) is 34.8. The largest absolute Gasteiger partial charge is 0.507 e. The monoisotopic (exact) mass is 700 g/mol. The average Bonchev–Trinajstić information content (AvgIpc) is 3.76. The summed E-state index contributed by atoms with van der Waals surface area (Å²) in [6.07, 6.45) is 0. The van der Waals surface area contributed by atoms with Crippen LogP contribution in [0.25, 0.3) is 21.1 Å². The van der Waals surface area contributed by atoms with E-state index in [-0.39, 0.29) is 11.5 Å². The highest BCUT2D eigenvalue weighted by molar-refractivity contribution is 7.81. The first-order valence-electron chi connectivity index (χ1n) is 13.9. The topological polar surface area (TPSA) is 167 Å². The SMILES string of the molecule is COC(=O)c1ccc(O)c(-c2nc(C(=S)NCCNCCNCCNC(=S)c3csc(-c4cc(C(=O)OC)ccc4O)n3)cs2)c1. The van der Waals surface area contributed by atoms with E-state index in [0.717, 1.165) is 13.1 Å². The highest BCUT2D eigenvalue weighted by atomic mass is 32.1. The maximum Gasteiger partial charge on any atom is 0.337 e. The molecule has 0 bridgehead atoms. The van der Waals surface area contributed by atoms with Gasteiger partial charge in [-0.05, 0) is 36.4 Å². The van der Waals surface area contributed by atoms with E-state index in [2.05, 4.69) is 31.2 Å². The van der Waals surface area contributed by atoms with Gasteiger partial charge in [0, 0.05) is 50.0 Å². The van der Waals surface area contributed by atoms with Gasteiger partial charge in [0.1, 0.15) is 42.9 Å². The van der Waals surface area contributed by atoms with Crippen LogP contribution in [0, 0.1) is 0 Å². The van der Waals surface area contributed by atoms with Crippen LogP contribution in [-0.2, 0) is 9.47 Å². The van der Waals surface area contributed by atoms with Gasteiger partial charge >= 0.3 is 11.9 Å². The number of nitrogens with zero attached hydrogens (tertiary/aromatic N) is 2. The lowest BCUT2D eigenvalue weighted by Gasteiger charge is -2.09. The molecule has 2 aromatic carbocycles. The summed E-state index contributed by atoms with van der Waals surface area (Å²) in [7, 11) is 2.60. The van der Waals surface area contributed by atoms with Crippen molar-refractivity contribution < 1.29 is 29.3 Å². The first-order chi connectivity index (χ1) is 22.2. The highest BCUT2D eigenvalue weighted by Gasteiger charge is 2.17. The molecule has 16 heteroatoms. The lowest BCUT2D eigenvalue weighted by molar-refractivity contribution is 0.0592. The second kappa shape index (κ2) is 17.0. The van der Waals surface area contributed by atoms with Crippen LogP contribution in [0.5, 0.6) is 11.5 Å². The minimum Gasteiger partial charge on any atom is -0.507 e. The number of aromatic hydroxyl groups is 2. The van der Waals surface area contributed by atoms with E-state index in [1.54, 1.807) is 22.9 Å². The van der Waals surface area contributed by atoms with Crippen molar-refractivity contribution in [3.05, 3.63) is 69.7 Å². The number of thiocarbonyl (C=S) groups is 2. The number of esters is 2. The maximum absolute atomic E-state index is 11.8. The molecule has 0 atom stereocenters. The zero-order chi connectivity index (χ0) is 33.1. The van der Waals surface area contributed by atoms with Crippen LogP contribution in [0.2, 0.25) is 0 Å². The van der Waals surface area contributed by atoms with Crippen molar-refractivity contribution in [1.29, 1.82) is 0 Å². The van der Waals surface area contributed by atoms with Crippen LogP contribution in [0.1, 0.15) is 32.1 Å². The van der Waals surface area contributed by atoms with Crippen molar-refractivity contribution in [2.75, 3.05) is 53.5 Å². The number of carbonyl (C=O) groups is 2. The van der Waals surface area contributed by atoms with Gasteiger partial charge in [-0.1, -0.05) is 24.4 Å². The van der Waals surface area contributed by atoms with Crippen LogP contribution < -0.4 is 21.3 Å². The molecule has 0 saturated heterocycles.